The zero-order valence-corrected chi connectivity index (χ0v) is 19.5. The van der Waals surface area contributed by atoms with E-state index in [9.17, 15) is 10.1 Å². The number of nitrogens with zero attached hydrogens (tertiary/aromatic N) is 2. The molecule has 0 fully saturated rings. The molecule has 0 saturated carbocycles. The molecule has 4 nitrogen and oxygen atoms in total. The van der Waals surface area contributed by atoms with Gasteiger partial charge in [-0.3, -0.25) is 4.79 Å². The summed E-state index contributed by atoms with van der Waals surface area (Å²) in [6.07, 6.45) is 0. The third-order valence-electron chi connectivity index (χ3n) is 5.00. The van der Waals surface area contributed by atoms with Crippen LogP contribution in [0.2, 0.25) is 5.02 Å². The first-order chi connectivity index (χ1) is 16.0. The maximum absolute atomic E-state index is 12.5. The molecule has 1 N–H and O–H groups in total. The number of aromatic nitrogens is 1. The van der Waals surface area contributed by atoms with Gasteiger partial charge in [0.1, 0.15) is 11.1 Å². The van der Waals surface area contributed by atoms with Gasteiger partial charge in [-0.1, -0.05) is 83.5 Å². The van der Waals surface area contributed by atoms with Gasteiger partial charge in [0, 0.05) is 21.8 Å². The van der Waals surface area contributed by atoms with Gasteiger partial charge in [-0.2, -0.15) is 5.26 Å². The molecular formula is C27H20ClN3OS. The van der Waals surface area contributed by atoms with Gasteiger partial charge >= 0.3 is 0 Å². The summed E-state index contributed by atoms with van der Waals surface area (Å²) in [5.74, 6) is -0.0643. The van der Waals surface area contributed by atoms with E-state index in [4.69, 9.17) is 16.6 Å². The summed E-state index contributed by atoms with van der Waals surface area (Å²) < 4.78 is 0. The molecule has 3 aromatic carbocycles. The minimum Gasteiger partial charge on any atom is -0.325 e. The van der Waals surface area contributed by atoms with E-state index in [1.807, 2.05) is 67.6 Å². The van der Waals surface area contributed by atoms with Crippen molar-refractivity contribution in [2.45, 2.75) is 11.9 Å². The molecule has 0 aliphatic heterocycles. The number of halogens is 1. The summed E-state index contributed by atoms with van der Waals surface area (Å²) in [4.78, 5) is 17.3. The largest absolute Gasteiger partial charge is 0.325 e. The first-order valence-electron chi connectivity index (χ1n) is 10.3. The van der Waals surface area contributed by atoms with E-state index >= 15 is 0 Å². The molecule has 0 saturated heterocycles. The van der Waals surface area contributed by atoms with Gasteiger partial charge in [0.25, 0.3) is 0 Å². The van der Waals surface area contributed by atoms with Gasteiger partial charge in [0.2, 0.25) is 5.91 Å². The van der Waals surface area contributed by atoms with Crippen molar-refractivity contribution in [3.63, 3.8) is 0 Å². The lowest BCUT2D eigenvalue weighted by molar-refractivity contribution is -0.113. The number of amides is 1. The molecule has 4 rings (SSSR count). The lowest BCUT2D eigenvalue weighted by Gasteiger charge is -2.13. The van der Waals surface area contributed by atoms with Crippen molar-refractivity contribution in [3.05, 3.63) is 101 Å². The van der Waals surface area contributed by atoms with Gasteiger partial charge < -0.3 is 5.32 Å². The Morgan fingerprint density at radius 3 is 2.36 bits per heavy atom. The Morgan fingerprint density at radius 2 is 1.70 bits per heavy atom. The van der Waals surface area contributed by atoms with Crippen LogP contribution in [-0.4, -0.2) is 16.6 Å². The van der Waals surface area contributed by atoms with E-state index < -0.39 is 0 Å². The highest BCUT2D eigenvalue weighted by atomic mass is 35.5. The second-order valence-electron chi connectivity index (χ2n) is 7.42. The van der Waals surface area contributed by atoms with Crippen LogP contribution < -0.4 is 5.32 Å². The molecule has 0 spiro atoms. The summed E-state index contributed by atoms with van der Waals surface area (Å²) >= 11 is 7.16. The number of aryl methyl sites for hydroxylation is 1. The van der Waals surface area contributed by atoms with Crippen LogP contribution in [0.4, 0.5) is 5.69 Å². The van der Waals surface area contributed by atoms with Crippen molar-refractivity contribution in [2.24, 2.45) is 0 Å². The Labute approximate surface area is 202 Å². The summed E-state index contributed by atoms with van der Waals surface area (Å²) in [5, 5.41) is 14.0. The van der Waals surface area contributed by atoms with E-state index in [1.54, 1.807) is 24.3 Å². The summed E-state index contributed by atoms with van der Waals surface area (Å²) in [7, 11) is 0. The molecule has 0 atom stereocenters. The van der Waals surface area contributed by atoms with Crippen LogP contribution in [0.5, 0.6) is 0 Å². The molecule has 1 aromatic heterocycles. The second kappa shape index (κ2) is 10.4. The standard InChI is InChI=1S/C27H20ClN3OS/c1-18-7-9-19(10-8-18)23-15-25(20-5-3-2-4-6-20)31-27(24(23)16-29)33-17-26(32)30-22-13-11-21(28)12-14-22/h2-15H,17H2,1H3,(H,30,32). The molecule has 33 heavy (non-hydrogen) atoms. The lowest BCUT2D eigenvalue weighted by atomic mass is 9.98. The quantitative estimate of drug-likeness (QED) is 0.309. The predicted octanol–water partition coefficient (Wildman–Crippen LogP) is 6.98. The van der Waals surface area contributed by atoms with Gasteiger partial charge in [0.05, 0.1) is 17.0 Å². The normalized spacial score (nSPS) is 10.5. The molecule has 0 unspecified atom stereocenters. The minimum atomic E-state index is -0.185. The Hall–Kier alpha value is -3.59. The van der Waals surface area contributed by atoms with E-state index in [-0.39, 0.29) is 11.7 Å². The first kappa shape index (κ1) is 22.6. The molecular weight excluding hydrogens is 450 g/mol. The van der Waals surface area contributed by atoms with Crippen molar-refractivity contribution in [3.8, 4) is 28.5 Å². The fourth-order valence-corrected chi connectivity index (χ4v) is 4.24. The summed E-state index contributed by atoms with van der Waals surface area (Å²) in [6, 6.07) is 29.0. The smallest absolute Gasteiger partial charge is 0.234 e. The van der Waals surface area contributed by atoms with Crippen molar-refractivity contribution in [2.75, 3.05) is 11.1 Å². The maximum Gasteiger partial charge on any atom is 0.234 e. The number of pyridine rings is 1. The SMILES string of the molecule is Cc1ccc(-c2cc(-c3ccccc3)nc(SCC(=O)Nc3ccc(Cl)cc3)c2C#N)cc1. The molecule has 162 valence electrons. The van der Waals surface area contributed by atoms with Crippen LogP contribution in [0.3, 0.4) is 0 Å². The molecule has 0 aliphatic rings. The third kappa shape index (κ3) is 5.61. The van der Waals surface area contributed by atoms with E-state index in [1.165, 1.54) is 11.8 Å². The van der Waals surface area contributed by atoms with Crippen LogP contribution in [0.1, 0.15) is 11.1 Å². The van der Waals surface area contributed by atoms with Crippen molar-refractivity contribution < 1.29 is 4.79 Å². The highest BCUT2D eigenvalue weighted by Gasteiger charge is 2.17. The number of thioether (sulfide) groups is 1. The molecule has 0 bridgehead atoms. The van der Waals surface area contributed by atoms with Crippen molar-refractivity contribution in [1.82, 2.24) is 4.98 Å². The lowest BCUT2D eigenvalue weighted by Crippen LogP contribution is -2.14. The minimum absolute atomic E-state index is 0.121. The molecule has 1 heterocycles. The molecule has 0 radical (unpaired) electrons. The number of rotatable bonds is 6. The molecule has 6 heteroatoms. The van der Waals surface area contributed by atoms with Crippen molar-refractivity contribution >= 4 is 35.0 Å². The Balaban J connectivity index is 1.67. The summed E-state index contributed by atoms with van der Waals surface area (Å²) in [6.45, 7) is 2.03. The highest BCUT2D eigenvalue weighted by molar-refractivity contribution is 8.00. The number of benzene rings is 3. The Kier molecular flexibility index (Phi) is 7.09. The summed E-state index contributed by atoms with van der Waals surface area (Å²) in [5.41, 5.74) is 5.70. The van der Waals surface area contributed by atoms with Crippen LogP contribution in [0.15, 0.2) is 90.0 Å². The Bertz CT molecular complexity index is 1310. The van der Waals surface area contributed by atoms with Crippen LogP contribution in [-0.2, 0) is 4.79 Å². The van der Waals surface area contributed by atoms with Gasteiger partial charge in [-0.15, -0.1) is 0 Å². The zero-order valence-electron chi connectivity index (χ0n) is 17.9. The van der Waals surface area contributed by atoms with Crippen LogP contribution >= 0.6 is 23.4 Å². The highest BCUT2D eigenvalue weighted by Crippen LogP contribution is 2.34. The van der Waals surface area contributed by atoms with E-state index in [0.717, 1.165) is 27.9 Å². The topological polar surface area (TPSA) is 65.8 Å². The zero-order chi connectivity index (χ0) is 23.2. The number of nitrogens with one attached hydrogen (secondary N) is 1. The first-order valence-corrected chi connectivity index (χ1v) is 11.7. The third-order valence-corrected chi connectivity index (χ3v) is 6.23. The fourth-order valence-electron chi connectivity index (χ4n) is 3.32. The monoisotopic (exact) mass is 469 g/mol. The molecule has 4 aromatic rings. The van der Waals surface area contributed by atoms with E-state index in [0.29, 0.717) is 21.3 Å². The Morgan fingerprint density at radius 1 is 1.00 bits per heavy atom. The number of hydrogen-bond donors (Lipinski definition) is 1. The number of carbonyl (C=O) groups excluding carboxylic acids is 1. The van der Waals surface area contributed by atoms with Gasteiger partial charge in [-0.25, -0.2) is 4.98 Å². The fraction of sp³-hybridized carbons (Fsp3) is 0.0741. The average Bonchev–Trinajstić information content (AvgIpc) is 2.84. The van der Waals surface area contributed by atoms with E-state index in [2.05, 4.69) is 11.4 Å². The van der Waals surface area contributed by atoms with Gasteiger partial charge in [0.15, 0.2) is 0 Å². The second-order valence-corrected chi connectivity index (χ2v) is 8.82. The number of hydrogen-bond acceptors (Lipinski definition) is 4. The average molecular weight is 470 g/mol. The maximum atomic E-state index is 12.5. The predicted molar refractivity (Wildman–Crippen MR) is 135 cm³/mol. The number of anilines is 1. The van der Waals surface area contributed by atoms with Crippen LogP contribution in [0.25, 0.3) is 22.4 Å². The molecule has 1 amide bonds. The number of carbonyl (C=O) groups is 1. The van der Waals surface area contributed by atoms with Crippen molar-refractivity contribution in [1.29, 1.82) is 5.26 Å². The molecule has 0 aliphatic carbocycles. The van der Waals surface area contributed by atoms with Crippen LogP contribution in [0, 0.1) is 18.3 Å². The number of nitriles is 1. The van der Waals surface area contributed by atoms with Gasteiger partial charge in [-0.05, 0) is 42.8 Å².